The number of rotatable bonds is 6. The Labute approximate surface area is 391 Å². The third-order valence-electron chi connectivity index (χ3n) is 18.3. The minimum Gasteiger partial charge on any atom is -1.00 e. The van der Waals surface area contributed by atoms with Gasteiger partial charge in [-0.3, -0.25) is 0 Å². The summed E-state index contributed by atoms with van der Waals surface area (Å²) in [5.74, 6) is -0.667. The average Bonchev–Trinajstić information content (AvgIpc) is 3.77. The Morgan fingerprint density at radius 1 is 0.705 bits per heavy atom. The van der Waals surface area contributed by atoms with Gasteiger partial charge in [-0.05, 0) is 0 Å². The Bertz CT molecular complexity index is 2690. The van der Waals surface area contributed by atoms with Crippen molar-refractivity contribution in [2.75, 3.05) is 0 Å². The van der Waals surface area contributed by atoms with Gasteiger partial charge in [0.05, 0.1) is 0 Å². The molecule has 0 aliphatic heterocycles. The van der Waals surface area contributed by atoms with Gasteiger partial charge in [0.25, 0.3) is 0 Å². The molecule has 0 aromatic heterocycles. The molecule has 5 aliphatic rings. The first-order chi connectivity index (χ1) is 28.1. The maximum absolute atomic E-state index is 2.83. The molecule has 5 aromatic carbocycles. The van der Waals surface area contributed by atoms with E-state index in [4.69, 9.17) is 0 Å². The van der Waals surface area contributed by atoms with Crippen LogP contribution in [0.25, 0.3) is 44.3 Å². The van der Waals surface area contributed by atoms with Crippen LogP contribution in [0.2, 0.25) is 16.2 Å². The van der Waals surface area contributed by atoms with Gasteiger partial charge in [0.2, 0.25) is 0 Å². The maximum atomic E-state index is 2.83. The molecule has 4 unspecified atom stereocenters. The largest absolute Gasteiger partial charge is 1.00 e. The summed E-state index contributed by atoms with van der Waals surface area (Å²) in [5, 5.41) is 5.39. The van der Waals surface area contributed by atoms with E-state index in [1.54, 1.807) is 33.4 Å². The van der Waals surface area contributed by atoms with E-state index < -0.39 is 28.3 Å². The summed E-state index contributed by atoms with van der Waals surface area (Å²) in [7, 11) is 0. The number of benzene rings is 5. The summed E-state index contributed by atoms with van der Waals surface area (Å²) in [6, 6.07) is 37.8. The fourth-order valence-corrected chi connectivity index (χ4v) is 30.2. The van der Waals surface area contributed by atoms with Crippen LogP contribution in [0.4, 0.5) is 0 Å². The molecule has 4 atom stereocenters. The Kier molecular flexibility index (Phi) is 11.2. The number of fused-ring (bicyclic) bond motifs is 9. The molecule has 5 aliphatic carbocycles. The molecule has 0 bridgehead atoms. The zero-order valence-electron chi connectivity index (χ0n) is 38.4. The second kappa shape index (κ2) is 15.2. The predicted molar refractivity (Wildman–Crippen MR) is 254 cm³/mol. The van der Waals surface area contributed by atoms with E-state index in [-0.39, 0.29) is 55.0 Å². The topological polar surface area (TPSA) is 0 Å². The minimum absolute atomic E-state index is 0. The van der Waals surface area contributed by atoms with Gasteiger partial charge < -0.3 is 24.8 Å². The first-order valence-corrected chi connectivity index (χ1v) is 31.2. The van der Waals surface area contributed by atoms with Crippen molar-refractivity contribution in [3.63, 3.8) is 0 Å². The summed E-state index contributed by atoms with van der Waals surface area (Å²) in [5.41, 5.74) is 17.8. The third kappa shape index (κ3) is 5.56. The zero-order valence-corrected chi connectivity index (χ0v) is 43.5. The van der Waals surface area contributed by atoms with Crippen molar-refractivity contribution >= 4 is 39.1 Å². The van der Waals surface area contributed by atoms with Gasteiger partial charge in [0, 0.05) is 0 Å². The van der Waals surface area contributed by atoms with E-state index in [2.05, 4.69) is 191 Å². The first kappa shape index (κ1) is 44.9. The molecule has 0 saturated heterocycles. The van der Waals surface area contributed by atoms with Crippen LogP contribution < -0.4 is 24.8 Å². The third-order valence-corrected chi connectivity index (χ3v) is 29.8. The van der Waals surface area contributed by atoms with Crippen molar-refractivity contribution in [1.29, 1.82) is 0 Å². The summed E-state index contributed by atoms with van der Waals surface area (Å²) < 4.78 is 0.0779. The average molecular weight is 939 g/mol. The maximum Gasteiger partial charge on any atom is -1.00 e. The van der Waals surface area contributed by atoms with E-state index in [0.717, 1.165) is 19.3 Å². The number of halogens is 2. The Morgan fingerprint density at radius 3 is 1.98 bits per heavy atom. The molecule has 1 fully saturated rings. The van der Waals surface area contributed by atoms with Crippen LogP contribution in [0.15, 0.2) is 132 Å². The van der Waals surface area contributed by atoms with Gasteiger partial charge in [-0.2, -0.15) is 0 Å². The Balaban J connectivity index is 0.00000257. The first-order valence-electron chi connectivity index (χ1n) is 22.8. The van der Waals surface area contributed by atoms with Gasteiger partial charge in [0.1, 0.15) is 0 Å². The second-order valence-electron chi connectivity index (χ2n) is 21.3. The summed E-state index contributed by atoms with van der Waals surface area (Å²) >= 11 is -1.12. The SMILES string of the molecule is CCCC1=Cc2c(-c3c4ccccc4cc4ccccc34)cccc2C1[C]1([Zr+2][SiH](C)C)C2=C3Cc4ccccc4C3=C3C=CCCC3(C)C2(C)C(C)(C)C(C)(C)C1(C)C.[Cl-].[Cl-]. The van der Waals surface area contributed by atoms with Gasteiger partial charge in [-0.1, -0.05) is 0 Å². The number of hydrogen-bond donors (Lipinski definition) is 0. The van der Waals surface area contributed by atoms with Crippen molar-refractivity contribution in [2.45, 2.75) is 117 Å². The molecule has 1 saturated carbocycles. The van der Waals surface area contributed by atoms with E-state index in [0.29, 0.717) is 5.92 Å². The quantitative estimate of drug-likeness (QED) is 0.118. The van der Waals surface area contributed by atoms with Crippen LogP contribution in [0, 0.1) is 27.1 Å². The van der Waals surface area contributed by atoms with Crippen LogP contribution in [0.3, 0.4) is 0 Å². The fourth-order valence-electron chi connectivity index (χ4n) is 14.4. The van der Waals surface area contributed by atoms with Crippen LogP contribution in [0.1, 0.15) is 116 Å². The molecule has 0 amide bonds. The standard InChI is InChI=1S/C55H57.C2H7Si.2ClH.Zr/c1-10-20-37-33-43-41(27-19-28-42(43)47-38-24-14-11-21-34(38)31-35-22-12-15-25-39(35)47)46(37)50-49-44-32-36-23-13-16-26-40(36)48(44)45-29-17-18-30-54(45,8)55(49,9)53(6,7)52(4,5)51(50,2)3;1-3-2;;;/h11-17,19,21-29,31,33,46H,10,18,20,30,32H2,1-9H3;3H,1-2H3;2*1H;/q;;;;+2/p-2. The van der Waals surface area contributed by atoms with E-state index in [1.165, 1.54) is 56.6 Å². The number of allylic oxidation sites excluding steroid dienone is 7. The van der Waals surface area contributed by atoms with Gasteiger partial charge in [-0.15, -0.1) is 0 Å². The van der Waals surface area contributed by atoms with Crippen molar-refractivity contribution in [3.05, 3.63) is 154 Å². The summed E-state index contributed by atoms with van der Waals surface area (Å²) in [6.45, 7) is 30.0. The molecular weight excluding hydrogens is 875 g/mol. The van der Waals surface area contributed by atoms with E-state index in [1.807, 2.05) is 5.57 Å². The number of hydrogen-bond acceptors (Lipinski definition) is 0. The monoisotopic (exact) mass is 936 g/mol. The Morgan fingerprint density at radius 2 is 1.33 bits per heavy atom. The van der Waals surface area contributed by atoms with Crippen molar-refractivity contribution < 1.29 is 47.2 Å². The molecule has 0 spiro atoms. The normalized spacial score (nSPS) is 27.3. The molecule has 61 heavy (non-hydrogen) atoms. The molecule has 5 aromatic rings. The van der Waals surface area contributed by atoms with Crippen LogP contribution in [0.5, 0.6) is 0 Å². The summed E-state index contributed by atoms with van der Waals surface area (Å²) in [6.07, 6.45) is 13.7. The van der Waals surface area contributed by atoms with Gasteiger partial charge in [0.15, 0.2) is 0 Å². The minimum atomic E-state index is -1.12. The molecule has 0 heterocycles. The van der Waals surface area contributed by atoms with Gasteiger partial charge >= 0.3 is 370 Å². The van der Waals surface area contributed by atoms with E-state index in [9.17, 15) is 0 Å². The van der Waals surface area contributed by atoms with Gasteiger partial charge in [-0.25, -0.2) is 0 Å². The van der Waals surface area contributed by atoms with Crippen LogP contribution >= 0.6 is 0 Å². The van der Waals surface area contributed by atoms with Crippen LogP contribution in [-0.4, -0.2) is 5.92 Å². The zero-order chi connectivity index (χ0) is 41.5. The second-order valence-corrected chi connectivity index (χ2v) is 36.4. The summed E-state index contributed by atoms with van der Waals surface area (Å²) in [4.78, 5) is 0. The van der Waals surface area contributed by atoms with Crippen molar-refractivity contribution in [1.82, 2.24) is 0 Å². The van der Waals surface area contributed by atoms with E-state index >= 15 is 0 Å². The molecule has 314 valence electrons. The smallest absolute Gasteiger partial charge is 1.00 e. The van der Waals surface area contributed by atoms with Crippen molar-refractivity contribution in [2.24, 2.45) is 27.1 Å². The predicted octanol–water partition coefficient (Wildman–Crippen LogP) is 9.95. The molecule has 0 nitrogen and oxygen atoms in total. The Hall–Kier alpha value is -2.74. The van der Waals surface area contributed by atoms with Crippen molar-refractivity contribution in [3.8, 4) is 11.1 Å². The molecule has 0 N–H and O–H groups in total. The molecule has 4 heteroatoms. The molecule has 0 radical (unpaired) electrons. The van der Waals surface area contributed by atoms with Crippen LogP contribution in [-0.2, 0) is 28.8 Å². The fraction of sp³-hybridized carbons (Fsp3) is 0.404. The molecular formula is C57H64Cl2SiZr. The molecule has 10 rings (SSSR count).